The molecule has 154 valence electrons. The van der Waals surface area contributed by atoms with Crippen LogP contribution in [0.4, 0.5) is 5.69 Å². The van der Waals surface area contributed by atoms with E-state index in [1.807, 2.05) is 23.2 Å². The minimum atomic E-state index is -0.341. The molecule has 0 atom stereocenters. The molecule has 2 aliphatic rings. The summed E-state index contributed by atoms with van der Waals surface area (Å²) in [5, 5.41) is 17.9. The van der Waals surface area contributed by atoms with Gasteiger partial charge in [-0.05, 0) is 31.9 Å². The van der Waals surface area contributed by atoms with Crippen molar-refractivity contribution < 1.29 is 13.9 Å². The SMILES string of the molecule is CCOC1CC(n2cc(NC(=O)c3ccc(C4C=NN=C4)o3)c(-c3nccs3)n2)C1. The number of carbonyl (C=O) groups is 1. The molecule has 9 nitrogen and oxygen atoms in total. The highest BCUT2D eigenvalue weighted by atomic mass is 32.1. The van der Waals surface area contributed by atoms with Crippen LogP contribution in [0.2, 0.25) is 0 Å². The van der Waals surface area contributed by atoms with E-state index in [0.29, 0.717) is 23.7 Å². The third kappa shape index (κ3) is 3.59. The average molecular weight is 424 g/mol. The Hall–Kier alpha value is -3.11. The Bertz CT molecular complexity index is 1080. The topological polar surface area (TPSA) is 107 Å². The van der Waals surface area contributed by atoms with Crippen molar-refractivity contribution in [3.63, 3.8) is 0 Å². The van der Waals surface area contributed by atoms with E-state index < -0.39 is 0 Å². The van der Waals surface area contributed by atoms with Crippen LogP contribution in [0, 0.1) is 0 Å². The number of thiazole rings is 1. The summed E-state index contributed by atoms with van der Waals surface area (Å²) < 4.78 is 13.3. The van der Waals surface area contributed by atoms with Gasteiger partial charge in [-0.1, -0.05) is 0 Å². The van der Waals surface area contributed by atoms with E-state index in [0.717, 1.165) is 17.8 Å². The summed E-state index contributed by atoms with van der Waals surface area (Å²) in [6.07, 6.45) is 9.01. The fraction of sp³-hybridized carbons (Fsp3) is 0.350. The highest BCUT2D eigenvalue weighted by molar-refractivity contribution is 7.13. The first kappa shape index (κ1) is 18.9. The number of rotatable bonds is 7. The molecule has 1 fully saturated rings. The smallest absolute Gasteiger partial charge is 0.291 e. The summed E-state index contributed by atoms with van der Waals surface area (Å²) in [6, 6.07) is 3.66. The minimum absolute atomic E-state index is 0.142. The second kappa shape index (κ2) is 7.96. The molecule has 1 N–H and O–H groups in total. The molecule has 0 saturated heterocycles. The van der Waals surface area contributed by atoms with Gasteiger partial charge in [-0.2, -0.15) is 15.3 Å². The van der Waals surface area contributed by atoms with Crippen LogP contribution in [0.1, 0.15) is 48.0 Å². The van der Waals surface area contributed by atoms with Crippen LogP contribution in [-0.4, -0.2) is 45.8 Å². The predicted molar refractivity (Wildman–Crippen MR) is 113 cm³/mol. The zero-order valence-electron chi connectivity index (χ0n) is 16.3. The standard InChI is InChI=1S/C20H20N6O3S/c1-2-28-14-7-13(8-14)26-11-15(18(25-26)20-21-5-6-30-20)24-19(27)17-4-3-16(29-17)12-9-22-23-10-12/h3-6,9-14H,2,7-8H2,1H3,(H,24,27). The lowest BCUT2D eigenvalue weighted by Crippen LogP contribution is -2.33. The van der Waals surface area contributed by atoms with Gasteiger partial charge in [-0.25, -0.2) is 4.98 Å². The number of nitrogens with one attached hydrogen (secondary N) is 1. The van der Waals surface area contributed by atoms with Crippen LogP contribution in [0.25, 0.3) is 10.7 Å². The lowest BCUT2D eigenvalue weighted by atomic mass is 9.89. The molecule has 1 aliphatic heterocycles. The Balaban J connectivity index is 1.36. The molecule has 1 aliphatic carbocycles. The molecule has 1 saturated carbocycles. The normalized spacial score (nSPS) is 20.6. The largest absolute Gasteiger partial charge is 0.455 e. The van der Waals surface area contributed by atoms with Crippen LogP contribution < -0.4 is 5.32 Å². The molecule has 0 radical (unpaired) electrons. The number of anilines is 1. The van der Waals surface area contributed by atoms with Gasteiger partial charge >= 0.3 is 0 Å². The van der Waals surface area contributed by atoms with E-state index in [4.69, 9.17) is 14.3 Å². The van der Waals surface area contributed by atoms with Crippen LogP contribution in [0.15, 0.2) is 44.5 Å². The maximum Gasteiger partial charge on any atom is 0.291 e. The van der Waals surface area contributed by atoms with Gasteiger partial charge in [0.25, 0.3) is 5.91 Å². The molecule has 4 heterocycles. The van der Waals surface area contributed by atoms with Gasteiger partial charge < -0.3 is 14.5 Å². The van der Waals surface area contributed by atoms with Crippen LogP contribution in [-0.2, 0) is 4.74 Å². The average Bonchev–Trinajstić information content (AvgIpc) is 3.50. The van der Waals surface area contributed by atoms with E-state index >= 15 is 0 Å². The van der Waals surface area contributed by atoms with Gasteiger partial charge in [0.2, 0.25) is 0 Å². The maximum absolute atomic E-state index is 12.8. The summed E-state index contributed by atoms with van der Waals surface area (Å²) in [7, 11) is 0. The first-order valence-electron chi connectivity index (χ1n) is 9.79. The molecule has 30 heavy (non-hydrogen) atoms. The summed E-state index contributed by atoms with van der Waals surface area (Å²) in [5.74, 6) is 0.359. The van der Waals surface area contributed by atoms with Gasteiger partial charge in [-0.15, -0.1) is 11.3 Å². The summed E-state index contributed by atoms with van der Waals surface area (Å²) in [6.45, 7) is 2.72. The molecule has 3 aromatic heterocycles. The van der Waals surface area contributed by atoms with E-state index in [2.05, 4.69) is 20.5 Å². The minimum Gasteiger partial charge on any atom is -0.455 e. The first-order chi connectivity index (χ1) is 14.7. The number of furan rings is 1. The fourth-order valence-electron chi connectivity index (χ4n) is 3.54. The Morgan fingerprint density at radius 3 is 2.90 bits per heavy atom. The highest BCUT2D eigenvalue weighted by Crippen LogP contribution is 2.37. The van der Waals surface area contributed by atoms with Crippen molar-refractivity contribution in [2.24, 2.45) is 10.2 Å². The second-order valence-corrected chi connectivity index (χ2v) is 8.02. The Morgan fingerprint density at radius 1 is 1.33 bits per heavy atom. The van der Waals surface area contributed by atoms with Gasteiger partial charge in [0.1, 0.15) is 16.5 Å². The van der Waals surface area contributed by atoms with Crippen LogP contribution in [0.3, 0.4) is 0 Å². The molecule has 0 aromatic carbocycles. The highest BCUT2D eigenvalue weighted by Gasteiger charge is 2.33. The third-order valence-corrected chi connectivity index (χ3v) is 5.94. The number of ether oxygens (including phenoxy) is 1. The Kier molecular flexibility index (Phi) is 5.01. The van der Waals surface area contributed by atoms with Crippen LogP contribution in [0.5, 0.6) is 0 Å². The summed E-state index contributed by atoms with van der Waals surface area (Å²) >= 11 is 1.48. The van der Waals surface area contributed by atoms with E-state index in [1.54, 1.807) is 30.8 Å². The van der Waals surface area contributed by atoms with Crippen LogP contribution >= 0.6 is 11.3 Å². The van der Waals surface area contributed by atoms with Crippen molar-refractivity contribution in [1.82, 2.24) is 14.8 Å². The second-order valence-electron chi connectivity index (χ2n) is 7.12. The molecule has 3 aromatic rings. The predicted octanol–water partition coefficient (Wildman–Crippen LogP) is 3.75. The van der Waals surface area contributed by atoms with Gasteiger partial charge in [0.15, 0.2) is 5.76 Å². The zero-order chi connectivity index (χ0) is 20.5. The number of nitrogens with zero attached hydrogens (tertiary/aromatic N) is 5. The lowest BCUT2D eigenvalue weighted by Gasteiger charge is -2.34. The monoisotopic (exact) mass is 424 g/mol. The Labute approximate surface area is 176 Å². The number of amides is 1. The fourth-order valence-corrected chi connectivity index (χ4v) is 4.17. The molecule has 1 amide bonds. The molecule has 0 unspecified atom stereocenters. The van der Waals surface area contributed by atoms with Gasteiger partial charge in [0, 0.05) is 36.8 Å². The van der Waals surface area contributed by atoms with E-state index in [9.17, 15) is 4.79 Å². The summed E-state index contributed by atoms with van der Waals surface area (Å²) in [4.78, 5) is 17.2. The number of carbonyl (C=O) groups excluding carboxylic acids is 1. The van der Waals surface area contributed by atoms with Crippen molar-refractivity contribution in [2.75, 3.05) is 11.9 Å². The molecule has 0 bridgehead atoms. The van der Waals surface area contributed by atoms with Gasteiger partial charge in [0.05, 0.1) is 23.8 Å². The third-order valence-electron chi connectivity index (χ3n) is 5.16. The zero-order valence-corrected chi connectivity index (χ0v) is 17.1. The number of hydrogen-bond donors (Lipinski definition) is 1. The number of hydrogen-bond acceptors (Lipinski definition) is 8. The number of aromatic nitrogens is 3. The maximum atomic E-state index is 12.8. The Morgan fingerprint density at radius 2 is 2.17 bits per heavy atom. The molecule has 5 rings (SSSR count). The lowest BCUT2D eigenvalue weighted by molar-refractivity contribution is -0.0226. The van der Waals surface area contributed by atoms with E-state index in [1.165, 1.54) is 11.3 Å². The first-order valence-corrected chi connectivity index (χ1v) is 10.7. The molecular weight excluding hydrogens is 404 g/mol. The van der Waals surface area contributed by atoms with Crippen molar-refractivity contribution in [3.05, 3.63) is 41.4 Å². The quantitative estimate of drug-likeness (QED) is 0.622. The summed E-state index contributed by atoms with van der Waals surface area (Å²) in [5.41, 5.74) is 1.26. The van der Waals surface area contributed by atoms with Crippen molar-refractivity contribution in [2.45, 2.75) is 37.8 Å². The molecular formula is C20H20N6O3S. The van der Waals surface area contributed by atoms with Crippen molar-refractivity contribution >= 4 is 35.4 Å². The molecule has 0 spiro atoms. The van der Waals surface area contributed by atoms with Crippen molar-refractivity contribution in [1.29, 1.82) is 0 Å². The molecule has 10 heteroatoms. The van der Waals surface area contributed by atoms with Gasteiger partial charge in [-0.3, -0.25) is 9.48 Å². The van der Waals surface area contributed by atoms with Crippen molar-refractivity contribution in [3.8, 4) is 10.7 Å². The van der Waals surface area contributed by atoms with E-state index in [-0.39, 0.29) is 29.7 Å².